The lowest BCUT2D eigenvalue weighted by Crippen LogP contribution is -2.10. The fraction of sp³-hybridized carbons (Fsp3) is 0.167. The van der Waals surface area contributed by atoms with Gasteiger partial charge < -0.3 is 14.8 Å². The van der Waals surface area contributed by atoms with E-state index in [2.05, 4.69) is 4.98 Å². The lowest BCUT2D eigenvalue weighted by atomic mass is 9.94. The number of ether oxygens (including phenoxy) is 1. The van der Waals surface area contributed by atoms with Crippen molar-refractivity contribution < 1.29 is 19.4 Å². The van der Waals surface area contributed by atoms with Crippen LogP contribution in [0.5, 0.6) is 0 Å². The van der Waals surface area contributed by atoms with Gasteiger partial charge in [0.25, 0.3) is 0 Å². The smallest absolute Gasteiger partial charge is 0.340 e. The van der Waals surface area contributed by atoms with Gasteiger partial charge in [-0.1, -0.05) is 60.7 Å². The highest BCUT2D eigenvalue weighted by molar-refractivity contribution is 6.27. The standard InChI is InChI=1S/C24H21NO4/c1-2-29-24(28)21-20(19-17(26)13-14-18(19)27)22(15-9-5-3-6-10-15)25-23(21)16-11-7-4-8-12-16/h3-12,25-26H,2,13-14H2,1H3. The second-order valence-corrected chi connectivity index (χ2v) is 6.82. The number of H-pyrrole nitrogens is 1. The van der Waals surface area contributed by atoms with E-state index in [1.54, 1.807) is 6.92 Å². The molecule has 0 aliphatic heterocycles. The average molecular weight is 387 g/mol. The van der Waals surface area contributed by atoms with Gasteiger partial charge in [-0.25, -0.2) is 4.79 Å². The Balaban J connectivity index is 2.07. The molecule has 3 aromatic rings. The highest BCUT2D eigenvalue weighted by Crippen LogP contribution is 2.42. The van der Waals surface area contributed by atoms with Crippen molar-refractivity contribution in [1.29, 1.82) is 0 Å². The minimum atomic E-state index is -0.528. The maximum atomic E-state index is 13.0. The predicted octanol–water partition coefficient (Wildman–Crippen LogP) is 5.16. The van der Waals surface area contributed by atoms with Gasteiger partial charge in [0.05, 0.1) is 29.1 Å². The summed E-state index contributed by atoms with van der Waals surface area (Å²) in [5.41, 5.74) is 3.68. The first-order chi connectivity index (χ1) is 14.1. The molecular weight excluding hydrogens is 366 g/mol. The Kier molecular flexibility index (Phi) is 5.04. The first kappa shape index (κ1) is 18.7. The van der Waals surface area contributed by atoms with Crippen LogP contribution in [0.15, 0.2) is 66.4 Å². The number of benzene rings is 2. The summed E-state index contributed by atoms with van der Waals surface area (Å²) < 4.78 is 5.34. The molecule has 0 unspecified atom stereocenters. The van der Waals surface area contributed by atoms with Crippen molar-refractivity contribution in [2.45, 2.75) is 19.8 Å². The molecule has 29 heavy (non-hydrogen) atoms. The zero-order chi connectivity index (χ0) is 20.4. The van der Waals surface area contributed by atoms with E-state index in [0.29, 0.717) is 17.0 Å². The van der Waals surface area contributed by atoms with Crippen LogP contribution in [0.2, 0.25) is 0 Å². The maximum Gasteiger partial charge on any atom is 0.340 e. The van der Waals surface area contributed by atoms with Crippen LogP contribution in [0.25, 0.3) is 28.1 Å². The van der Waals surface area contributed by atoms with Crippen molar-refractivity contribution >= 4 is 17.3 Å². The third-order valence-electron chi connectivity index (χ3n) is 5.01. The number of allylic oxidation sites excluding steroid dienone is 2. The largest absolute Gasteiger partial charge is 0.512 e. The number of ketones is 1. The summed E-state index contributed by atoms with van der Waals surface area (Å²) in [5, 5.41) is 10.5. The van der Waals surface area contributed by atoms with Crippen LogP contribution >= 0.6 is 0 Å². The minimum Gasteiger partial charge on any atom is -0.512 e. The van der Waals surface area contributed by atoms with E-state index in [0.717, 1.165) is 11.1 Å². The normalized spacial score (nSPS) is 13.8. The molecule has 0 atom stereocenters. The molecule has 5 heteroatoms. The highest BCUT2D eigenvalue weighted by atomic mass is 16.5. The van der Waals surface area contributed by atoms with Gasteiger partial charge in [0, 0.05) is 18.4 Å². The zero-order valence-corrected chi connectivity index (χ0v) is 16.1. The van der Waals surface area contributed by atoms with Crippen molar-refractivity contribution in [3.05, 3.63) is 77.5 Å². The fourth-order valence-electron chi connectivity index (χ4n) is 3.73. The first-order valence-electron chi connectivity index (χ1n) is 9.61. The molecule has 0 radical (unpaired) electrons. The molecule has 0 saturated heterocycles. The number of aliphatic hydroxyl groups excluding tert-OH is 1. The number of carbonyl (C=O) groups is 2. The number of rotatable bonds is 5. The summed E-state index contributed by atoms with van der Waals surface area (Å²) in [5.74, 6) is -0.694. The summed E-state index contributed by atoms with van der Waals surface area (Å²) in [7, 11) is 0. The molecule has 4 rings (SSSR count). The van der Waals surface area contributed by atoms with E-state index in [1.165, 1.54) is 0 Å². The van der Waals surface area contributed by atoms with Gasteiger partial charge in [0.1, 0.15) is 5.76 Å². The van der Waals surface area contributed by atoms with Crippen LogP contribution in [-0.4, -0.2) is 28.4 Å². The van der Waals surface area contributed by atoms with Crippen LogP contribution < -0.4 is 0 Å². The minimum absolute atomic E-state index is 0.0105. The van der Waals surface area contributed by atoms with Crippen molar-refractivity contribution in [2.24, 2.45) is 0 Å². The number of nitrogens with one attached hydrogen (secondary N) is 1. The molecule has 1 aromatic heterocycles. The van der Waals surface area contributed by atoms with Gasteiger partial charge in [0.2, 0.25) is 0 Å². The topological polar surface area (TPSA) is 79.4 Å². The molecule has 146 valence electrons. The van der Waals surface area contributed by atoms with E-state index >= 15 is 0 Å². The third kappa shape index (κ3) is 3.36. The number of aromatic nitrogens is 1. The summed E-state index contributed by atoms with van der Waals surface area (Å²) in [4.78, 5) is 29.0. The summed E-state index contributed by atoms with van der Waals surface area (Å²) in [6.45, 7) is 1.94. The fourth-order valence-corrected chi connectivity index (χ4v) is 3.73. The molecule has 1 aliphatic carbocycles. The van der Waals surface area contributed by atoms with Gasteiger partial charge in [-0.2, -0.15) is 0 Å². The van der Waals surface area contributed by atoms with Crippen LogP contribution in [0, 0.1) is 0 Å². The number of Topliss-reactive ketones (excluding diaryl/α,β-unsaturated/α-hetero) is 1. The number of esters is 1. The Hall–Kier alpha value is -3.60. The monoisotopic (exact) mass is 387 g/mol. The maximum absolute atomic E-state index is 13.0. The molecule has 0 saturated carbocycles. The highest BCUT2D eigenvalue weighted by Gasteiger charge is 2.34. The lowest BCUT2D eigenvalue weighted by Gasteiger charge is -2.09. The summed E-state index contributed by atoms with van der Waals surface area (Å²) in [6.07, 6.45) is 0.500. The van der Waals surface area contributed by atoms with Gasteiger partial charge >= 0.3 is 5.97 Å². The van der Waals surface area contributed by atoms with E-state index in [-0.39, 0.29) is 42.1 Å². The molecular formula is C24H21NO4. The SMILES string of the molecule is CCOC(=O)c1c(-c2ccccc2)[nH]c(-c2ccccc2)c1C1=C(O)CCC1=O. The van der Waals surface area contributed by atoms with E-state index in [1.807, 2.05) is 60.7 Å². The number of hydrogen-bond acceptors (Lipinski definition) is 4. The Morgan fingerprint density at radius 2 is 1.55 bits per heavy atom. The molecule has 0 fully saturated rings. The van der Waals surface area contributed by atoms with Gasteiger partial charge in [-0.3, -0.25) is 4.79 Å². The molecule has 5 nitrogen and oxygen atoms in total. The van der Waals surface area contributed by atoms with Gasteiger partial charge in [0.15, 0.2) is 5.78 Å². The second kappa shape index (κ2) is 7.80. The van der Waals surface area contributed by atoms with E-state index in [9.17, 15) is 14.7 Å². The van der Waals surface area contributed by atoms with E-state index in [4.69, 9.17) is 4.74 Å². The predicted molar refractivity (Wildman–Crippen MR) is 111 cm³/mol. The van der Waals surface area contributed by atoms with Crippen molar-refractivity contribution in [2.75, 3.05) is 6.61 Å². The molecule has 0 spiro atoms. The lowest BCUT2D eigenvalue weighted by molar-refractivity contribution is -0.113. The van der Waals surface area contributed by atoms with Crippen LogP contribution in [0.3, 0.4) is 0 Å². The molecule has 2 N–H and O–H groups in total. The Morgan fingerprint density at radius 3 is 2.07 bits per heavy atom. The molecule has 1 aliphatic rings. The number of aliphatic hydroxyl groups is 1. The molecule has 2 aromatic carbocycles. The molecule has 0 amide bonds. The number of hydrogen-bond donors (Lipinski definition) is 2. The van der Waals surface area contributed by atoms with Crippen molar-refractivity contribution in [3.8, 4) is 22.5 Å². The average Bonchev–Trinajstić information content (AvgIpc) is 3.29. The molecule has 1 heterocycles. The third-order valence-corrected chi connectivity index (χ3v) is 5.01. The second-order valence-electron chi connectivity index (χ2n) is 6.82. The summed E-state index contributed by atoms with van der Waals surface area (Å²) in [6, 6.07) is 18.9. The van der Waals surface area contributed by atoms with Crippen LogP contribution in [-0.2, 0) is 9.53 Å². The van der Waals surface area contributed by atoms with Gasteiger partial charge in [-0.05, 0) is 18.1 Å². The first-order valence-corrected chi connectivity index (χ1v) is 9.61. The van der Waals surface area contributed by atoms with Crippen LogP contribution in [0.4, 0.5) is 0 Å². The number of aromatic amines is 1. The Bertz CT molecular complexity index is 1090. The zero-order valence-electron chi connectivity index (χ0n) is 16.1. The van der Waals surface area contributed by atoms with Crippen molar-refractivity contribution in [3.63, 3.8) is 0 Å². The van der Waals surface area contributed by atoms with Crippen molar-refractivity contribution in [1.82, 2.24) is 4.98 Å². The van der Waals surface area contributed by atoms with Crippen LogP contribution in [0.1, 0.15) is 35.7 Å². The Morgan fingerprint density at radius 1 is 0.966 bits per heavy atom. The summed E-state index contributed by atoms with van der Waals surface area (Å²) >= 11 is 0. The van der Waals surface area contributed by atoms with E-state index < -0.39 is 5.97 Å². The Labute approximate surface area is 168 Å². The quantitative estimate of drug-likeness (QED) is 0.593. The molecule has 0 bridgehead atoms. The van der Waals surface area contributed by atoms with Gasteiger partial charge in [-0.15, -0.1) is 0 Å². The number of carbonyl (C=O) groups excluding carboxylic acids is 2.